The summed E-state index contributed by atoms with van der Waals surface area (Å²) in [4.78, 5) is 0. The van der Waals surface area contributed by atoms with E-state index in [0.29, 0.717) is 10.8 Å². The average Bonchev–Trinajstić information content (AvgIpc) is 2.50. The normalized spacial score (nSPS) is 18.5. The number of hydrogen-bond donors (Lipinski definition) is 0. The van der Waals surface area contributed by atoms with Gasteiger partial charge in [0.1, 0.15) is 0 Å². The second-order valence-corrected chi connectivity index (χ2v) is 10.1. The van der Waals surface area contributed by atoms with Gasteiger partial charge in [-0.3, -0.25) is 0 Å². The van der Waals surface area contributed by atoms with Gasteiger partial charge in [0.05, 0.1) is 0 Å². The van der Waals surface area contributed by atoms with Crippen LogP contribution >= 0.6 is 0 Å². The average molecular weight is 339 g/mol. The minimum absolute atomic E-state index is 0.423. The Morgan fingerprint density at radius 3 is 1.62 bits per heavy atom. The van der Waals surface area contributed by atoms with E-state index in [1.54, 1.807) is 0 Å². The predicted molar refractivity (Wildman–Crippen MR) is 112 cm³/mol. The van der Waals surface area contributed by atoms with Crippen LogP contribution in [0.4, 0.5) is 0 Å². The molecule has 0 bridgehead atoms. The van der Waals surface area contributed by atoms with Crippen molar-refractivity contribution in [3.63, 3.8) is 0 Å². The van der Waals surface area contributed by atoms with E-state index in [2.05, 4.69) is 76.2 Å². The Kier molecular flexibility index (Phi) is 10.2. The SMILES string of the molecule is CCCC(CC)C(C)(C)CC(CC)C(CC)C(C)(C)C(C)C(C)C. The maximum absolute atomic E-state index is 2.55. The van der Waals surface area contributed by atoms with Gasteiger partial charge in [0, 0.05) is 0 Å². The Balaban J connectivity index is 5.40. The van der Waals surface area contributed by atoms with Crippen LogP contribution in [0.1, 0.15) is 115 Å². The van der Waals surface area contributed by atoms with Gasteiger partial charge in [-0.25, -0.2) is 0 Å². The molecule has 0 heterocycles. The molecule has 4 unspecified atom stereocenters. The van der Waals surface area contributed by atoms with E-state index < -0.39 is 0 Å². The van der Waals surface area contributed by atoms with Crippen LogP contribution in [-0.4, -0.2) is 0 Å². The van der Waals surface area contributed by atoms with Crippen LogP contribution in [0, 0.1) is 40.4 Å². The number of rotatable bonds is 12. The van der Waals surface area contributed by atoms with Gasteiger partial charge in [0.15, 0.2) is 0 Å². The van der Waals surface area contributed by atoms with E-state index in [0.717, 1.165) is 29.6 Å². The van der Waals surface area contributed by atoms with Crippen LogP contribution in [0.25, 0.3) is 0 Å². The summed E-state index contributed by atoms with van der Waals surface area (Å²) in [5.74, 6) is 4.10. The molecule has 0 aromatic heterocycles. The summed E-state index contributed by atoms with van der Waals surface area (Å²) in [5, 5.41) is 0. The maximum atomic E-state index is 2.55. The van der Waals surface area contributed by atoms with E-state index in [1.807, 2.05) is 0 Å². The molecular weight excluding hydrogens is 288 g/mol. The monoisotopic (exact) mass is 338 g/mol. The molecule has 0 saturated heterocycles. The van der Waals surface area contributed by atoms with Crippen molar-refractivity contribution in [2.75, 3.05) is 0 Å². The molecule has 0 fully saturated rings. The second kappa shape index (κ2) is 10.2. The Morgan fingerprint density at radius 2 is 1.29 bits per heavy atom. The van der Waals surface area contributed by atoms with Crippen molar-refractivity contribution in [2.24, 2.45) is 40.4 Å². The lowest BCUT2D eigenvalue weighted by Gasteiger charge is -2.47. The predicted octanol–water partition coefficient (Wildman–Crippen LogP) is 8.60. The Morgan fingerprint density at radius 1 is 0.750 bits per heavy atom. The van der Waals surface area contributed by atoms with Crippen LogP contribution in [0.15, 0.2) is 0 Å². The van der Waals surface area contributed by atoms with Crippen molar-refractivity contribution in [1.82, 2.24) is 0 Å². The highest BCUT2D eigenvalue weighted by Gasteiger charge is 2.41. The second-order valence-electron chi connectivity index (χ2n) is 10.1. The van der Waals surface area contributed by atoms with Crippen LogP contribution in [0.5, 0.6) is 0 Å². The van der Waals surface area contributed by atoms with Gasteiger partial charge in [-0.2, -0.15) is 0 Å². The van der Waals surface area contributed by atoms with E-state index in [9.17, 15) is 0 Å². The van der Waals surface area contributed by atoms with Crippen molar-refractivity contribution in [3.05, 3.63) is 0 Å². The van der Waals surface area contributed by atoms with E-state index in [1.165, 1.54) is 38.5 Å². The summed E-state index contributed by atoms with van der Waals surface area (Å²) >= 11 is 0. The smallest absolute Gasteiger partial charge is 0.0295 e. The van der Waals surface area contributed by atoms with Gasteiger partial charge in [0.25, 0.3) is 0 Å². The zero-order valence-corrected chi connectivity index (χ0v) is 19.1. The molecule has 4 atom stereocenters. The van der Waals surface area contributed by atoms with Crippen molar-refractivity contribution in [1.29, 1.82) is 0 Å². The summed E-state index contributed by atoms with van der Waals surface area (Å²) in [6, 6.07) is 0. The third kappa shape index (κ3) is 6.06. The molecule has 0 heteroatoms. The third-order valence-corrected chi connectivity index (χ3v) is 7.69. The highest BCUT2D eigenvalue weighted by atomic mass is 14.5. The molecule has 0 N–H and O–H groups in total. The van der Waals surface area contributed by atoms with Crippen molar-refractivity contribution >= 4 is 0 Å². The van der Waals surface area contributed by atoms with Gasteiger partial charge in [-0.05, 0) is 46.8 Å². The highest BCUT2D eigenvalue weighted by molar-refractivity contribution is 4.90. The van der Waals surface area contributed by atoms with Crippen LogP contribution in [0.2, 0.25) is 0 Å². The number of hydrogen-bond acceptors (Lipinski definition) is 0. The fourth-order valence-electron chi connectivity index (χ4n) is 5.57. The summed E-state index contributed by atoms with van der Waals surface area (Å²) in [6.45, 7) is 27.1. The zero-order chi connectivity index (χ0) is 19.1. The summed E-state index contributed by atoms with van der Waals surface area (Å²) in [6.07, 6.45) is 8.10. The molecule has 0 spiro atoms. The molecule has 146 valence electrons. The molecule has 0 rings (SSSR count). The first-order chi connectivity index (χ1) is 11.0. The van der Waals surface area contributed by atoms with Gasteiger partial charge in [-0.1, -0.05) is 108 Å². The molecular formula is C24H50. The van der Waals surface area contributed by atoms with Gasteiger partial charge >= 0.3 is 0 Å². The molecule has 0 amide bonds. The molecule has 0 aliphatic rings. The van der Waals surface area contributed by atoms with Crippen LogP contribution < -0.4 is 0 Å². The van der Waals surface area contributed by atoms with Crippen molar-refractivity contribution in [2.45, 2.75) is 115 Å². The largest absolute Gasteiger partial charge is 0.0654 e. The maximum Gasteiger partial charge on any atom is -0.0295 e. The van der Waals surface area contributed by atoms with Crippen LogP contribution in [0.3, 0.4) is 0 Å². The zero-order valence-electron chi connectivity index (χ0n) is 19.1. The minimum Gasteiger partial charge on any atom is -0.0654 e. The van der Waals surface area contributed by atoms with E-state index in [-0.39, 0.29) is 0 Å². The first kappa shape index (κ1) is 24.0. The highest BCUT2D eigenvalue weighted by Crippen LogP contribution is 2.49. The standard InChI is InChI=1S/C24H50/c1-12-16-21(14-3)23(8,9)17-20(13-2)22(15-4)24(10,11)19(7)18(5)6/h18-22H,12-17H2,1-11H3. The Bertz CT molecular complexity index is 323. The van der Waals surface area contributed by atoms with Gasteiger partial charge < -0.3 is 0 Å². The lowest BCUT2D eigenvalue weighted by atomic mass is 9.58. The lowest BCUT2D eigenvalue weighted by molar-refractivity contribution is 0.0180. The van der Waals surface area contributed by atoms with E-state index >= 15 is 0 Å². The molecule has 0 aliphatic heterocycles. The molecule has 0 aliphatic carbocycles. The lowest BCUT2D eigenvalue weighted by Crippen LogP contribution is -2.40. The Labute approximate surface area is 155 Å². The summed E-state index contributed by atoms with van der Waals surface area (Å²) in [7, 11) is 0. The third-order valence-electron chi connectivity index (χ3n) is 7.69. The Hall–Kier alpha value is 0. The molecule has 0 aromatic rings. The molecule has 0 nitrogen and oxygen atoms in total. The first-order valence-corrected chi connectivity index (χ1v) is 11.0. The minimum atomic E-state index is 0.423. The first-order valence-electron chi connectivity index (χ1n) is 11.0. The quantitative estimate of drug-likeness (QED) is 0.334. The summed E-state index contributed by atoms with van der Waals surface area (Å²) in [5.41, 5.74) is 0.891. The van der Waals surface area contributed by atoms with Gasteiger partial charge in [-0.15, -0.1) is 0 Å². The fraction of sp³-hybridized carbons (Fsp3) is 1.00. The van der Waals surface area contributed by atoms with Crippen LogP contribution in [-0.2, 0) is 0 Å². The van der Waals surface area contributed by atoms with Gasteiger partial charge in [0.2, 0.25) is 0 Å². The van der Waals surface area contributed by atoms with Crippen molar-refractivity contribution in [3.8, 4) is 0 Å². The van der Waals surface area contributed by atoms with Crippen molar-refractivity contribution < 1.29 is 0 Å². The molecule has 24 heavy (non-hydrogen) atoms. The summed E-state index contributed by atoms with van der Waals surface area (Å²) < 4.78 is 0. The fourth-order valence-corrected chi connectivity index (χ4v) is 5.57. The topological polar surface area (TPSA) is 0 Å². The molecule has 0 radical (unpaired) electrons. The molecule has 0 saturated carbocycles. The molecule has 0 aromatic carbocycles. The van der Waals surface area contributed by atoms with E-state index in [4.69, 9.17) is 0 Å².